The molecule has 0 bridgehead atoms. The van der Waals surface area contributed by atoms with Crippen LogP contribution in [-0.2, 0) is 11.3 Å². The molecule has 1 aromatic heterocycles. The Morgan fingerprint density at radius 1 is 1.26 bits per heavy atom. The van der Waals surface area contributed by atoms with E-state index in [2.05, 4.69) is 5.16 Å². The molecule has 1 aromatic carbocycles. The molecule has 2 fully saturated rings. The molecular formula is C16H14ClN3O3. The predicted molar refractivity (Wildman–Crippen MR) is 82.6 cm³/mol. The summed E-state index contributed by atoms with van der Waals surface area (Å²) in [6, 6.07) is 8.44. The molecule has 0 spiro atoms. The van der Waals surface area contributed by atoms with Crippen LogP contribution in [0, 0.1) is 0 Å². The lowest BCUT2D eigenvalue weighted by molar-refractivity contribution is -0.128. The first-order chi connectivity index (χ1) is 11.1. The largest absolute Gasteiger partial charge is 0.359 e. The molecular weight excluding hydrogens is 318 g/mol. The van der Waals surface area contributed by atoms with Crippen LogP contribution >= 0.6 is 11.6 Å². The number of hydrogen-bond donors (Lipinski definition) is 0. The molecule has 2 saturated heterocycles. The van der Waals surface area contributed by atoms with E-state index in [-0.39, 0.29) is 24.5 Å². The summed E-state index contributed by atoms with van der Waals surface area (Å²) in [6.07, 6.45) is 1.63. The number of benzene rings is 1. The van der Waals surface area contributed by atoms with E-state index in [1.165, 1.54) is 4.90 Å². The average Bonchev–Trinajstić information content (AvgIpc) is 3.25. The van der Waals surface area contributed by atoms with Crippen LogP contribution in [0.3, 0.4) is 0 Å². The van der Waals surface area contributed by atoms with Crippen molar-refractivity contribution >= 4 is 23.5 Å². The van der Waals surface area contributed by atoms with E-state index in [0.29, 0.717) is 23.0 Å². The molecule has 0 radical (unpaired) electrons. The number of fused-ring (bicyclic) bond motifs is 1. The lowest BCUT2D eigenvalue weighted by Gasteiger charge is -2.13. The third kappa shape index (κ3) is 2.39. The van der Waals surface area contributed by atoms with Crippen LogP contribution in [0.2, 0.25) is 5.02 Å². The molecule has 23 heavy (non-hydrogen) atoms. The average molecular weight is 332 g/mol. The molecule has 0 saturated carbocycles. The Hall–Kier alpha value is -2.34. The minimum atomic E-state index is -0.291. The van der Waals surface area contributed by atoms with E-state index >= 15 is 0 Å². The van der Waals surface area contributed by atoms with Gasteiger partial charge in [0.05, 0.1) is 6.54 Å². The van der Waals surface area contributed by atoms with Gasteiger partial charge in [-0.3, -0.25) is 9.69 Å². The molecule has 0 N–H and O–H groups in total. The molecule has 7 heteroatoms. The molecule has 3 heterocycles. The fraction of sp³-hybridized carbons (Fsp3) is 0.312. The summed E-state index contributed by atoms with van der Waals surface area (Å²) in [5.74, 6) is 0.342. The van der Waals surface area contributed by atoms with Gasteiger partial charge in [0.2, 0.25) is 0 Å². The minimum Gasteiger partial charge on any atom is -0.359 e. The van der Waals surface area contributed by atoms with Gasteiger partial charge in [0, 0.05) is 23.2 Å². The van der Waals surface area contributed by atoms with Gasteiger partial charge < -0.3 is 9.42 Å². The molecule has 2 aliphatic rings. The van der Waals surface area contributed by atoms with Crippen LogP contribution in [0.4, 0.5) is 4.79 Å². The lowest BCUT2D eigenvalue weighted by Crippen LogP contribution is -2.32. The predicted octanol–water partition coefficient (Wildman–Crippen LogP) is 2.92. The van der Waals surface area contributed by atoms with Gasteiger partial charge in [0.25, 0.3) is 5.91 Å². The van der Waals surface area contributed by atoms with Gasteiger partial charge >= 0.3 is 6.03 Å². The van der Waals surface area contributed by atoms with Crippen molar-refractivity contribution in [3.05, 3.63) is 41.1 Å². The van der Waals surface area contributed by atoms with Gasteiger partial charge in [-0.1, -0.05) is 28.9 Å². The smallest absolute Gasteiger partial charge is 0.327 e. The number of carbonyl (C=O) groups is 2. The fourth-order valence-electron chi connectivity index (χ4n) is 3.13. The minimum absolute atomic E-state index is 0.116. The maximum atomic E-state index is 12.3. The number of nitrogens with zero attached hydrogens (tertiary/aromatic N) is 3. The Labute approximate surface area is 137 Å². The molecule has 3 amide bonds. The van der Waals surface area contributed by atoms with Gasteiger partial charge in [-0.2, -0.15) is 0 Å². The van der Waals surface area contributed by atoms with Gasteiger partial charge in [-0.25, -0.2) is 4.79 Å². The van der Waals surface area contributed by atoms with Crippen molar-refractivity contribution in [2.75, 3.05) is 6.54 Å². The standard InChI is InChI=1S/C16H14ClN3O3/c17-11-5-3-10(4-6-11)13-8-12(23-18-13)9-20-15(21)14-2-1-7-19(14)16(20)22/h3-6,8,14H,1-2,7,9H2/t14-/m1/s1. The molecule has 1 atom stereocenters. The van der Waals surface area contributed by atoms with Crippen molar-refractivity contribution in [1.82, 2.24) is 15.0 Å². The molecule has 2 aromatic rings. The second-order valence-electron chi connectivity index (χ2n) is 5.74. The number of urea groups is 1. The van der Waals surface area contributed by atoms with Crippen molar-refractivity contribution in [2.45, 2.75) is 25.4 Å². The normalized spacial score (nSPS) is 20.5. The first-order valence-electron chi connectivity index (χ1n) is 7.47. The Balaban J connectivity index is 1.53. The van der Waals surface area contributed by atoms with E-state index in [9.17, 15) is 9.59 Å². The van der Waals surface area contributed by atoms with Crippen LogP contribution in [0.1, 0.15) is 18.6 Å². The summed E-state index contributed by atoms with van der Waals surface area (Å²) in [4.78, 5) is 27.5. The Morgan fingerprint density at radius 3 is 2.78 bits per heavy atom. The van der Waals surface area contributed by atoms with Crippen LogP contribution < -0.4 is 0 Å². The van der Waals surface area contributed by atoms with E-state index in [1.807, 2.05) is 12.1 Å². The summed E-state index contributed by atoms with van der Waals surface area (Å²) < 4.78 is 5.28. The number of carbonyl (C=O) groups excluding carboxylic acids is 2. The topological polar surface area (TPSA) is 66.7 Å². The summed E-state index contributed by atoms with van der Waals surface area (Å²) in [5, 5.41) is 4.64. The maximum Gasteiger partial charge on any atom is 0.327 e. The Bertz CT molecular complexity index is 749. The highest BCUT2D eigenvalue weighted by Gasteiger charge is 2.47. The highest BCUT2D eigenvalue weighted by Crippen LogP contribution is 2.29. The first kappa shape index (κ1) is 14.3. The molecule has 0 unspecified atom stereocenters. The first-order valence-corrected chi connectivity index (χ1v) is 7.85. The summed E-state index contributed by atoms with van der Waals surface area (Å²) in [7, 11) is 0. The zero-order chi connectivity index (χ0) is 16.0. The highest BCUT2D eigenvalue weighted by atomic mass is 35.5. The Morgan fingerprint density at radius 2 is 2.04 bits per heavy atom. The van der Waals surface area contributed by atoms with E-state index < -0.39 is 0 Å². The quantitative estimate of drug-likeness (QED) is 0.811. The van der Waals surface area contributed by atoms with Crippen LogP contribution in [0.25, 0.3) is 11.3 Å². The van der Waals surface area contributed by atoms with Gasteiger partial charge in [-0.05, 0) is 25.0 Å². The number of rotatable bonds is 3. The molecule has 6 nitrogen and oxygen atoms in total. The molecule has 0 aliphatic carbocycles. The van der Waals surface area contributed by atoms with Gasteiger partial charge in [-0.15, -0.1) is 0 Å². The van der Waals surface area contributed by atoms with E-state index in [4.69, 9.17) is 16.1 Å². The summed E-state index contributed by atoms with van der Waals surface area (Å²) >= 11 is 5.87. The van der Waals surface area contributed by atoms with Crippen LogP contribution in [0.15, 0.2) is 34.9 Å². The van der Waals surface area contributed by atoms with Gasteiger partial charge in [0.1, 0.15) is 11.7 Å². The second kappa shape index (κ2) is 5.38. The third-order valence-corrected chi connectivity index (χ3v) is 4.55. The maximum absolute atomic E-state index is 12.3. The Kier molecular flexibility index (Phi) is 3.34. The lowest BCUT2D eigenvalue weighted by atomic mass is 10.1. The summed E-state index contributed by atoms with van der Waals surface area (Å²) in [5.41, 5.74) is 1.51. The number of aromatic nitrogens is 1. The highest BCUT2D eigenvalue weighted by molar-refractivity contribution is 6.30. The van der Waals surface area contributed by atoms with E-state index in [1.54, 1.807) is 23.1 Å². The van der Waals surface area contributed by atoms with Crippen molar-refractivity contribution in [1.29, 1.82) is 0 Å². The third-order valence-electron chi connectivity index (χ3n) is 4.29. The molecule has 4 rings (SSSR count). The van der Waals surface area contributed by atoms with E-state index in [0.717, 1.165) is 18.4 Å². The van der Waals surface area contributed by atoms with Crippen molar-refractivity contribution in [3.8, 4) is 11.3 Å². The zero-order valence-corrected chi connectivity index (χ0v) is 13.0. The number of amides is 3. The number of hydrogen-bond acceptors (Lipinski definition) is 4. The van der Waals surface area contributed by atoms with Gasteiger partial charge in [0.15, 0.2) is 5.76 Å². The van der Waals surface area contributed by atoms with Crippen LogP contribution in [0.5, 0.6) is 0 Å². The SMILES string of the molecule is O=C1[C@H]2CCCN2C(=O)N1Cc1cc(-c2ccc(Cl)cc2)no1. The van der Waals surface area contributed by atoms with Crippen molar-refractivity contribution < 1.29 is 14.1 Å². The number of imide groups is 1. The molecule has 118 valence electrons. The second-order valence-corrected chi connectivity index (χ2v) is 6.18. The monoisotopic (exact) mass is 331 g/mol. The summed E-state index contributed by atoms with van der Waals surface area (Å²) in [6.45, 7) is 0.767. The van der Waals surface area contributed by atoms with Crippen LogP contribution in [-0.4, -0.2) is 39.5 Å². The van der Waals surface area contributed by atoms with Crippen molar-refractivity contribution in [3.63, 3.8) is 0 Å². The van der Waals surface area contributed by atoms with Crippen molar-refractivity contribution in [2.24, 2.45) is 0 Å². The fourth-order valence-corrected chi connectivity index (χ4v) is 3.25. The zero-order valence-electron chi connectivity index (χ0n) is 12.2. The number of halogens is 1. The molecule has 2 aliphatic heterocycles.